The van der Waals surface area contributed by atoms with Gasteiger partial charge in [-0.1, -0.05) is 49.6 Å². The van der Waals surface area contributed by atoms with Gasteiger partial charge in [0.2, 0.25) is 0 Å². The van der Waals surface area contributed by atoms with Crippen LogP contribution in [-0.4, -0.2) is 23.9 Å². The normalized spacial score (nSPS) is 17.7. The first-order valence-electron chi connectivity index (χ1n) is 6.84. The fourth-order valence-corrected chi connectivity index (χ4v) is 2.43. The molecule has 0 saturated heterocycles. The van der Waals surface area contributed by atoms with Crippen LogP contribution in [-0.2, 0) is 6.54 Å². The Balaban J connectivity index is 1.91. The Morgan fingerprint density at radius 1 is 1.22 bits per heavy atom. The maximum absolute atomic E-state index is 6.07. The molecule has 98 valence electrons. The second-order valence-corrected chi connectivity index (χ2v) is 5.12. The van der Waals surface area contributed by atoms with Gasteiger partial charge in [-0.15, -0.1) is 0 Å². The first kappa shape index (κ1) is 12.9. The van der Waals surface area contributed by atoms with E-state index >= 15 is 0 Å². The third-order valence-electron chi connectivity index (χ3n) is 3.54. The molecule has 1 fully saturated rings. The molecule has 2 N–H and O–H groups in total. The van der Waals surface area contributed by atoms with E-state index in [9.17, 15) is 0 Å². The van der Waals surface area contributed by atoms with Crippen molar-refractivity contribution in [2.75, 3.05) is 7.05 Å². The summed E-state index contributed by atoms with van der Waals surface area (Å²) < 4.78 is 0. The number of rotatable bonds is 3. The molecule has 3 nitrogen and oxygen atoms in total. The van der Waals surface area contributed by atoms with Crippen molar-refractivity contribution in [1.82, 2.24) is 4.90 Å². The molecule has 0 aromatic heterocycles. The molecule has 1 saturated carbocycles. The van der Waals surface area contributed by atoms with Crippen LogP contribution in [0.4, 0.5) is 0 Å². The Morgan fingerprint density at radius 2 is 1.89 bits per heavy atom. The van der Waals surface area contributed by atoms with E-state index in [0.29, 0.717) is 12.0 Å². The highest BCUT2D eigenvalue weighted by atomic mass is 15.2. The summed E-state index contributed by atoms with van der Waals surface area (Å²) in [5.41, 5.74) is 7.34. The molecule has 2 rings (SSSR count). The van der Waals surface area contributed by atoms with Crippen LogP contribution >= 0.6 is 0 Å². The van der Waals surface area contributed by atoms with Crippen molar-refractivity contribution >= 4 is 5.96 Å². The van der Waals surface area contributed by atoms with Crippen molar-refractivity contribution < 1.29 is 0 Å². The number of guanidine groups is 1. The van der Waals surface area contributed by atoms with Gasteiger partial charge in [-0.05, 0) is 18.4 Å². The summed E-state index contributed by atoms with van der Waals surface area (Å²) in [5, 5.41) is 0. The largest absolute Gasteiger partial charge is 0.370 e. The van der Waals surface area contributed by atoms with E-state index < -0.39 is 0 Å². The van der Waals surface area contributed by atoms with Crippen LogP contribution in [0.1, 0.15) is 37.7 Å². The molecule has 1 aliphatic rings. The van der Waals surface area contributed by atoms with E-state index in [-0.39, 0.29) is 0 Å². The minimum atomic E-state index is 0.442. The van der Waals surface area contributed by atoms with Crippen molar-refractivity contribution in [2.24, 2.45) is 10.7 Å². The number of nitrogens with two attached hydrogens (primary N) is 1. The van der Waals surface area contributed by atoms with E-state index in [2.05, 4.69) is 29.3 Å². The average molecular weight is 245 g/mol. The lowest BCUT2D eigenvalue weighted by Gasteiger charge is -2.22. The molecule has 1 aliphatic carbocycles. The molecule has 0 radical (unpaired) electrons. The zero-order valence-electron chi connectivity index (χ0n) is 11.2. The van der Waals surface area contributed by atoms with Gasteiger partial charge in [0.1, 0.15) is 0 Å². The fraction of sp³-hybridized carbons (Fsp3) is 0.533. The Labute approximate surface area is 110 Å². The predicted molar refractivity (Wildman–Crippen MR) is 76.4 cm³/mol. The Kier molecular flexibility index (Phi) is 4.62. The number of hydrogen-bond acceptors (Lipinski definition) is 1. The van der Waals surface area contributed by atoms with Crippen LogP contribution in [0, 0.1) is 0 Å². The molecule has 1 aromatic carbocycles. The standard InChI is InChI=1S/C15H23N3/c1-18(12-13-8-4-2-5-9-13)15(16)17-14-10-6-3-7-11-14/h2,4-5,8-9,14H,3,6-7,10-12H2,1H3,(H2,16,17). The molecule has 18 heavy (non-hydrogen) atoms. The summed E-state index contributed by atoms with van der Waals surface area (Å²) >= 11 is 0. The van der Waals surface area contributed by atoms with Crippen molar-refractivity contribution in [3.63, 3.8) is 0 Å². The highest BCUT2D eigenvalue weighted by Gasteiger charge is 2.13. The summed E-state index contributed by atoms with van der Waals surface area (Å²) in [4.78, 5) is 6.68. The van der Waals surface area contributed by atoms with Gasteiger partial charge < -0.3 is 10.6 Å². The molecule has 0 aliphatic heterocycles. The van der Waals surface area contributed by atoms with Crippen LogP contribution in [0.2, 0.25) is 0 Å². The quantitative estimate of drug-likeness (QED) is 0.657. The van der Waals surface area contributed by atoms with Crippen molar-refractivity contribution in [2.45, 2.75) is 44.7 Å². The molecule has 0 atom stereocenters. The van der Waals surface area contributed by atoms with Crippen LogP contribution in [0.3, 0.4) is 0 Å². The van der Waals surface area contributed by atoms with E-state index in [1.54, 1.807) is 0 Å². The van der Waals surface area contributed by atoms with Gasteiger partial charge >= 0.3 is 0 Å². The van der Waals surface area contributed by atoms with Crippen LogP contribution < -0.4 is 5.73 Å². The molecule has 0 unspecified atom stereocenters. The molecule has 0 amide bonds. The minimum Gasteiger partial charge on any atom is -0.370 e. The third-order valence-corrected chi connectivity index (χ3v) is 3.54. The zero-order chi connectivity index (χ0) is 12.8. The number of hydrogen-bond donors (Lipinski definition) is 1. The average Bonchev–Trinajstić information content (AvgIpc) is 2.41. The third kappa shape index (κ3) is 3.76. The lowest BCUT2D eigenvalue weighted by atomic mass is 9.96. The first-order valence-corrected chi connectivity index (χ1v) is 6.84. The maximum Gasteiger partial charge on any atom is 0.191 e. The van der Waals surface area contributed by atoms with Crippen LogP contribution in [0.15, 0.2) is 35.3 Å². The SMILES string of the molecule is CN(Cc1ccccc1)C(N)=NC1CCCCC1. The zero-order valence-corrected chi connectivity index (χ0v) is 11.2. The van der Waals surface area contributed by atoms with Gasteiger partial charge in [-0.25, -0.2) is 4.99 Å². The van der Waals surface area contributed by atoms with Crippen LogP contribution in [0.25, 0.3) is 0 Å². The molecule has 0 spiro atoms. The first-order chi connectivity index (χ1) is 8.75. The van der Waals surface area contributed by atoms with Gasteiger partial charge in [-0.3, -0.25) is 0 Å². The van der Waals surface area contributed by atoms with Crippen LogP contribution in [0.5, 0.6) is 0 Å². The van der Waals surface area contributed by atoms with E-state index in [1.807, 2.05) is 18.0 Å². The van der Waals surface area contributed by atoms with E-state index in [0.717, 1.165) is 6.54 Å². The second-order valence-electron chi connectivity index (χ2n) is 5.12. The summed E-state index contributed by atoms with van der Waals surface area (Å²) in [6, 6.07) is 10.8. The Bertz CT molecular complexity index is 380. The summed E-state index contributed by atoms with van der Waals surface area (Å²) in [5.74, 6) is 0.672. The highest BCUT2D eigenvalue weighted by Crippen LogP contribution is 2.20. The smallest absolute Gasteiger partial charge is 0.191 e. The number of benzene rings is 1. The fourth-order valence-electron chi connectivity index (χ4n) is 2.43. The lowest BCUT2D eigenvalue weighted by molar-refractivity contribution is 0.428. The van der Waals surface area contributed by atoms with Gasteiger partial charge in [0.05, 0.1) is 6.04 Å². The van der Waals surface area contributed by atoms with Gasteiger partial charge in [0.15, 0.2) is 5.96 Å². The Morgan fingerprint density at radius 3 is 2.56 bits per heavy atom. The second kappa shape index (κ2) is 6.43. The van der Waals surface area contributed by atoms with Gasteiger partial charge in [0, 0.05) is 13.6 Å². The topological polar surface area (TPSA) is 41.6 Å². The minimum absolute atomic E-state index is 0.442. The maximum atomic E-state index is 6.07. The van der Waals surface area contributed by atoms with E-state index in [1.165, 1.54) is 37.7 Å². The number of nitrogens with zero attached hydrogens (tertiary/aromatic N) is 2. The van der Waals surface area contributed by atoms with Crippen molar-refractivity contribution in [1.29, 1.82) is 0 Å². The van der Waals surface area contributed by atoms with Crippen molar-refractivity contribution in [3.8, 4) is 0 Å². The lowest BCUT2D eigenvalue weighted by Crippen LogP contribution is -2.35. The summed E-state index contributed by atoms with van der Waals surface area (Å²) in [6.45, 7) is 0.822. The summed E-state index contributed by atoms with van der Waals surface area (Å²) in [6.07, 6.45) is 6.33. The van der Waals surface area contributed by atoms with Gasteiger partial charge in [-0.2, -0.15) is 0 Å². The molecule has 3 heteroatoms. The molecule has 0 heterocycles. The highest BCUT2D eigenvalue weighted by molar-refractivity contribution is 5.78. The predicted octanol–water partition coefficient (Wildman–Crippen LogP) is 2.77. The van der Waals surface area contributed by atoms with Gasteiger partial charge in [0.25, 0.3) is 0 Å². The summed E-state index contributed by atoms with van der Waals surface area (Å²) in [7, 11) is 2.01. The van der Waals surface area contributed by atoms with Crippen molar-refractivity contribution in [3.05, 3.63) is 35.9 Å². The van der Waals surface area contributed by atoms with E-state index in [4.69, 9.17) is 5.73 Å². The molecule has 0 bridgehead atoms. The Hall–Kier alpha value is -1.51. The molecular weight excluding hydrogens is 222 g/mol. The number of aliphatic imine (C=N–C) groups is 1. The molecular formula is C15H23N3. The monoisotopic (exact) mass is 245 g/mol. The molecule has 1 aromatic rings.